The summed E-state index contributed by atoms with van der Waals surface area (Å²) in [6.45, 7) is 0.744. The van der Waals surface area contributed by atoms with Gasteiger partial charge >= 0.3 is 0 Å². The third kappa shape index (κ3) is 3.20. The van der Waals surface area contributed by atoms with Crippen LogP contribution < -0.4 is 4.74 Å². The minimum absolute atomic E-state index is 0.388. The smallest absolute Gasteiger partial charge is 0.128 e. The number of halogens is 1. The second kappa shape index (κ2) is 6.48. The highest BCUT2D eigenvalue weighted by atomic mass is 79.9. The van der Waals surface area contributed by atoms with Crippen LogP contribution in [0, 0.1) is 5.92 Å². The van der Waals surface area contributed by atoms with E-state index < -0.39 is 0 Å². The van der Waals surface area contributed by atoms with E-state index in [-0.39, 0.29) is 6.10 Å². The summed E-state index contributed by atoms with van der Waals surface area (Å²) in [4.78, 5) is 0. The molecule has 110 valence electrons. The molecule has 2 aliphatic rings. The predicted molar refractivity (Wildman–Crippen MR) is 84.1 cm³/mol. The lowest BCUT2D eigenvalue weighted by atomic mass is 9.85. The van der Waals surface area contributed by atoms with Gasteiger partial charge in [-0.3, -0.25) is 0 Å². The molecular formula is C17H23BrO2. The molecule has 1 aromatic rings. The molecule has 3 heteroatoms. The molecule has 0 saturated heterocycles. The van der Waals surface area contributed by atoms with Crippen molar-refractivity contribution in [1.29, 1.82) is 0 Å². The van der Waals surface area contributed by atoms with Gasteiger partial charge in [0, 0.05) is 16.5 Å². The number of aliphatic hydroxyl groups is 1. The summed E-state index contributed by atoms with van der Waals surface area (Å²) in [7, 11) is 0. The van der Waals surface area contributed by atoms with Crippen LogP contribution in [0.5, 0.6) is 5.75 Å². The molecule has 1 heterocycles. The minimum atomic E-state index is -0.388. The summed E-state index contributed by atoms with van der Waals surface area (Å²) in [5, 5.41) is 10.5. The molecule has 0 aromatic heterocycles. The molecule has 1 aliphatic heterocycles. The van der Waals surface area contributed by atoms with Crippen molar-refractivity contribution in [2.75, 3.05) is 6.61 Å². The summed E-state index contributed by atoms with van der Waals surface area (Å²) >= 11 is 3.55. The van der Waals surface area contributed by atoms with Crippen molar-refractivity contribution in [2.24, 2.45) is 5.92 Å². The van der Waals surface area contributed by atoms with Crippen molar-refractivity contribution in [3.05, 3.63) is 27.7 Å². The van der Waals surface area contributed by atoms with Crippen LogP contribution in [0.3, 0.4) is 0 Å². The fraction of sp³-hybridized carbons (Fsp3) is 0.647. The van der Waals surface area contributed by atoms with Crippen molar-refractivity contribution in [3.8, 4) is 5.75 Å². The highest BCUT2D eigenvalue weighted by molar-refractivity contribution is 9.10. The predicted octanol–water partition coefficient (Wildman–Crippen LogP) is 4.78. The lowest BCUT2D eigenvalue weighted by molar-refractivity contribution is 0.147. The summed E-state index contributed by atoms with van der Waals surface area (Å²) < 4.78 is 6.77. The molecule has 1 N–H and O–H groups in total. The van der Waals surface area contributed by atoms with Crippen LogP contribution in [0.15, 0.2) is 16.6 Å². The van der Waals surface area contributed by atoms with Gasteiger partial charge in [-0.15, -0.1) is 0 Å². The number of hydrogen-bond acceptors (Lipinski definition) is 2. The molecular weight excluding hydrogens is 316 g/mol. The van der Waals surface area contributed by atoms with Crippen LogP contribution in [0.4, 0.5) is 0 Å². The van der Waals surface area contributed by atoms with Gasteiger partial charge in [-0.05, 0) is 36.5 Å². The lowest BCUT2D eigenvalue weighted by Gasteiger charge is -2.23. The molecule has 20 heavy (non-hydrogen) atoms. The largest absolute Gasteiger partial charge is 0.493 e. The third-order valence-electron chi connectivity index (χ3n) is 4.71. The Kier molecular flexibility index (Phi) is 4.67. The second-order valence-corrected chi connectivity index (χ2v) is 7.09. The average Bonchev–Trinajstić information content (AvgIpc) is 2.93. The number of benzene rings is 1. The first-order valence-corrected chi connectivity index (χ1v) is 8.66. The van der Waals surface area contributed by atoms with Gasteiger partial charge in [0.1, 0.15) is 5.75 Å². The molecule has 1 atom stereocenters. The maximum atomic E-state index is 10.5. The highest BCUT2D eigenvalue weighted by Crippen LogP contribution is 2.39. The minimum Gasteiger partial charge on any atom is -0.493 e. The molecule has 2 nitrogen and oxygen atoms in total. The van der Waals surface area contributed by atoms with E-state index >= 15 is 0 Å². The zero-order valence-electron chi connectivity index (χ0n) is 11.9. The van der Waals surface area contributed by atoms with E-state index in [9.17, 15) is 5.11 Å². The Morgan fingerprint density at radius 2 is 2.05 bits per heavy atom. The summed E-state index contributed by atoms with van der Waals surface area (Å²) in [5.41, 5.74) is 2.20. The maximum Gasteiger partial charge on any atom is 0.128 e. The van der Waals surface area contributed by atoms with Gasteiger partial charge in [-0.1, -0.05) is 48.0 Å². The van der Waals surface area contributed by atoms with E-state index in [1.54, 1.807) is 0 Å². The van der Waals surface area contributed by atoms with Crippen molar-refractivity contribution in [1.82, 2.24) is 0 Å². The fourth-order valence-electron chi connectivity index (χ4n) is 3.57. The third-order valence-corrected chi connectivity index (χ3v) is 5.17. The fourth-order valence-corrected chi connectivity index (χ4v) is 4.09. The molecule has 0 bridgehead atoms. The average molecular weight is 339 g/mol. The van der Waals surface area contributed by atoms with Gasteiger partial charge in [0.15, 0.2) is 0 Å². The molecule has 1 aliphatic carbocycles. The van der Waals surface area contributed by atoms with Gasteiger partial charge in [0.05, 0.1) is 12.7 Å². The van der Waals surface area contributed by atoms with Gasteiger partial charge in [-0.25, -0.2) is 0 Å². The van der Waals surface area contributed by atoms with E-state index in [1.165, 1.54) is 37.7 Å². The monoisotopic (exact) mass is 338 g/mol. The Morgan fingerprint density at radius 3 is 2.85 bits per heavy atom. The first-order valence-electron chi connectivity index (χ1n) is 7.87. The molecule has 0 radical (unpaired) electrons. The van der Waals surface area contributed by atoms with Gasteiger partial charge in [0.25, 0.3) is 0 Å². The van der Waals surface area contributed by atoms with Crippen LogP contribution >= 0.6 is 15.9 Å². The topological polar surface area (TPSA) is 29.5 Å². The SMILES string of the molecule is OC(CCC1CCCCC1)c1cc(Br)cc2c1OCC2. The number of hydrogen-bond donors (Lipinski definition) is 1. The lowest BCUT2D eigenvalue weighted by Crippen LogP contribution is -2.09. The summed E-state index contributed by atoms with van der Waals surface area (Å²) in [6.07, 6.45) is 9.40. The number of ether oxygens (including phenoxy) is 1. The van der Waals surface area contributed by atoms with Crippen LogP contribution in [0.1, 0.15) is 62.2 Å². The van der Waals surface area contributed by atoms with E-state index in [0.29, 0.717) is 0 Å². The zero-order valence-corrected chi connectivity index (χ0v) is 13.5. The number of fused-ring (bicyclic) bond motifs is 1. The van der Waals surface area contributed by atoms with Crippen LogP contribution in [-0.2, 0) is 6.42 Å². The second-order valence-electron chi connectivity index (χ2n) is 6.18. The molecule has 3 rings (SSSR count). The van der Waals surface area contributed by atoms with E-state index in [2.05, 4.69) is 22.0 Å². The quantitative estimate of drug-likeness (QED) is 0.856. The number of aliphatic hydroxyl groups excluding tert-OH is 1. The Bertz CT molecular complexity index is 466. The number of rotatable bonds is 4. The Labute approximate surface area is 129 Å². The molecule has 1 saturated carbocycles. The van der Waals surface area contributed by atoms with Crippen molar-refractivity contribution < 1.29 is 9.84 Å². The van der Waals surface area contributed by atoms with Crippen molar-refractivity contribution in [2.45, 2.75) is 57.5 Å². The van der Waals surface area contributed by atoms with Crippen molar-refractivity contribution >= 4 is 15.9 Å². The molecule has 0 amide bonds. The maximum absolute atomic E-state index is 10.5. The van der Waals surface area contributed by atoms with Gasteiger partial charge in [0.2, 0.25) is 0 Å². The first-order chi connectivity index (χ1) is 9.74. The first kappa shape index (κ1) is 14.4. The standard InChI is InChI=1S/C17H23BrO2/c18-14-10-13-8-9-20-17(13)15(11-14)16(19)7-6-12-4-2-1-3-5-12/h10-12,16,19H,1-9H2. The molecule has 1 fully saturated rings. The molecule has 1 aromatic carbocycles. The van der Waals surface area contributed by atoms with Gasteiger partial charge < -0.3 is 9.84 Å². The normalized spacial score (nSPS) is 20.5. The zero-order chi connectivity index (χ0) is 13.9. The molecule has 0 spiro atoms. The Hall–Kier alpha value is -0.540. The summed E-state index contributed by atoms with van der Waals surface area (Å²) in [5.74, 6) is 1.75. The molecule has 1 unspecified atom stereocenters. The highest BCUT2D eigenvalue weighted by Gasteiger charge is 2.23. The summed E-state index contributed by atoms with van der Waals surface area (Å²) in [6, 6.07) is 4.13. The van der Waals surface area contributed by atoms with E-state index in [0.717, 1.165) is 47.6 Å². The van der Waals surface area contributed by atoms with Crippen LogP contribution in [-0.4, -0.2) is 11.7 Å². The van der Waals surface area contributed by atoms with Crippen LogP contribution in [0.25, 0.3) is 0 Å². The van der Waals surface area contributed by atoms with Crippen LogP contribution in [0.2, 0.25) is 0 Å². The van der Waals surface area contributed by atoms with Gasteiger partial charge in [-0.2, -0.15) is 0 Å². The van der Waals surface area contributed by atoms with E-state index in [1.807, 2.05) is 6.07 Å². The van der Waals surface area contributed by atoms with E-state index in [4.69, 9.17) is 4.74 Å². The van der Waals surface area contributed by atoms with Crippen molar-refractivity contribution in [3.63, 3.8) is 0 Å². The Balaban J connectivity index is 1.66. The Morgan fingerprint density at radius 1 is 1.25 bits per heavy atom.